The van der Waals surface area contributed by atoms with Crippen LogP contribution in [0.1, 0.15) is 53.5 Å². The number of primary amides is 1. The summed E-state index contributed by atoms with van der Waals surface area (Å²) in [5.74, 6) is -0.700. The van der Waals surface area contributed by atoms with Crippen molar-refractivity contribution < 1.29 is 9.59 Å². The Bertz CT molecular complexity index is 1230. The largest absolute Gasteiger partial charge is 0.365 e. The Balaban J connectivity index is 1.57. The Labute approximate surface area is 188 Å². The van der Waals surface area contributed by atoms with E-state index in [0.29, 0.717) is 26.6 Å². The molecule has 2 amide bonds. The van der Waals surface area contributed by atoms with Crippen LogP contribution in [-0.4, -0.2) is 27.1 Å². The van der Waals surface area contributed by atoms with Crippen molar-refractivity contribution >= 4 is 50.8 Å². The normalized spacial score (nSPS) is 13.4. The van der Waals surface area contributed by atoms with Gasteiger partial charge in [0.1, 0.15) is 5.00 Å². The molecule has 0 radical (unpaired) electrons. The number of nitrogens with one attached hydrogen (secondary N) is 1. The number of aromatic nitrogens is 2. The third-order valence-corrected chi connectivity index (χ3v) is 7.45. The van der Waals surface area contributed by atoms with Crippen molar-refractivity contribution in [2.75, 3.05) is 11.1 Å². The lowest BCUT2D eigenvalue weighted by Crippen LogP contribution is -2.26. The van der Waals surface area contributed by atoms with Gasteiger partial charge in [-0.1, -0.05) is 23.9 Å². The number of carbonyl (C=O) groups excluding carboxylic acids is 2. The Morgan fingerprint density at radius 1 is 1.26 bits per heavy atom. The molecule has 1 aliphatic carbocycles. The van der Waals surface area contributed by atoms with E-state index in [1.54, 1.807) is 16.7 Å². The highest BCUT2D eigenvalue weighted by atomic mass is 32.2. The minimum atomic E-state index is -0.507. The first kappa shape index (κ1) is 21.6. The van der Waals surface area contributed by atoms with Gasteiger partial charge in [-0.05, 0) is 57.2 Å². The van der Waals surface area contributed by atoms with Crippen LogP contribution in [0, 0.1) is 0 Å². The van der Waals surface area contributed by atoms with Crippen LogP contribution in [0.5, 0.6) is 0 Å². The first-order valence-corrected chi connectivity index (χ1v) is 12.0. The number of rotatable bonds is 6. The summed E-state index contributed by atoms with van der Waals surface area (Å²) in [7, 11) is 0. The molecule has 162 valence electrons. The Morgan fingerprint density at radius 2 is 2.00 bits per heavy atom. The Morgan fingerprint density at radius 3 is 2.74 bits per heavy atom. The van der Waals surface area contributed by atoms with E-state index in [2.05, 4.69) is 10.3 Å². The lowest BCUT2D eigenvalue weighted by atomic mass is 9.95. The monoisotopic (exact) mass is 456 g/mol. The molecule has 3 N–H and O–H groups in total. The summed E-state index contributed by atoms with van der Waals surface area (Å²) in [4.78, 5) is 43.4. The zero-order valence-corrected chi connectivity index (χ0v) is 19.1. The second kappa shape index (κ2) is 8.84. The number of nitrogens with two attached hydrogens (primary N) is 1. The van der Waals surface area contributed by atoms with Crippen molar-refractivity contribution in [2.45, 2.75) is 50.7 Å². The number of hydrogen-bond donors (Lipinski definition) is 2. The molecular formula is C22H24N4O3S2. The number of anilines is 1. The van der Waals surface area contributed by atoms with E-state index in [4.69, 9.17) is 5.73 Å². The maximum absolute atomic E-state index is 12.9. The van der Waals surface area contributed by atoms with Crippen molar-refractivity contribution in [2.24, 2.45) is 5.73 Å². The highest BCUT2D eigenvalue weighted by molar-refractivity contribution is 7.99. The minimum absolute atomic E-state index is 0.0677. The fourth-order valence-corrected chi connectivity index (χ4v) is 6.13. The van der Waals surface area contributed by atoms with E-state index >= 15 is 0 Å². The Hall–Kier alpha value is -2.65. The van der Waals surface area contributed by atoms with Gasteiger partial charge in [0.05, 0.1) is 22.2 Å². The van der Waals surface area contributed by atoms with Gasteiger partial charge in [0.15, 0.2) is 5.16 Å². The summed E-state index contributed by atoms with van der Waals surface area (Å²) >= 11 is 2.65. The molecule has 4 rings (SSSR count). The van der Waals surface area contributed by atoms with Crippen LogP contribution in [0.3, 0.4) is 0 Å². The standard InChI is InChI=1S/C22H24N4O3S2/c1-12(2)26-21(29)13-7-3-5-9-15(13)24-22(26)30-11-17(27)25-20-18(19(23)28)14-8-4-6-10-16(14)31-20/h3,5,7,9,12H,4,6,8,10-11H2,1-2H3,(H2,23,28)(H,25,27). The molecule has 0 spiro atoms. The van der Waals surface area contributed by atoms with Gasteiger partial charge in [-0.3, -0.25) is 19.0 Å². The zero-order valence-electron chi connectivity index (χ0n) is 17.4. The predicted molar refractivity (Wildman–Crippen MR) is 125 cm³/mol. The molecule has 0 fully saturated rings. The molecule has 0 saturated carbocycles. The molecule has 0 atom stereocenters. The third kappa shape index (κ3) is 4.24. The number of nitrogens with zero attached hydrogens (tertiary/aromatic N) is 2. The summed E-state index contributed by atoms with van der Waals surface area (Å²) in [6.07, 6.45) is 3.83. The summed E-state index contributed by atoms with van der Waals surface area (Å²) in [5, 5.41) is 4.44. The maximum atomic E-state index is 12.9. The highest BCUT2D eigenvalue weighted by Gasteiger charge is 2.25. The van der Waals surface area contributed by atoms with Crippen molar-refractivity contribution in [1.82, 2.24) is 9.55 Å². The number of amides is 2. The topological polar surface area (TPSA) is 107 Å². The van der Waals surface area contributed by atoms with Gasteiger partial charge in [0.25, 0.3) is 11.5 Å². The molecule has 7 nitrogen and oxygen atoms in total. The molecule has 2 heterocycles. The van der Waals surface area contributed by atoms with Gasteiger partial charge in [-0.25, -0.2) is 4.98 Å². The molecule has 1 aliphatic rings. The fourth-order valence-electron chi connectivity index (χ4n) is 3.89. The molecule has 3 aromatic rings. The lowest BCUT2D eigenvalue weighted by molar-refractivity contribution is -0.113. The average molecular weight is 457 g/mol. The van der Waals surface area contributed by atoms with Crippen molar-refractivity contribution in [3.05, 3.63) is 50.6 Å². The molecular weight excluding hydrogens is 432 g/mol. The van der Waals surface area contributed by atoms with E-state index in [0.717, 1.165) is 36.1 Å². The molecule has 2 aromatic heterocycles. The van der Waals surface area contributed by atoms with Crippen LogP contribution < -0.4 is 16.6 Å². The molecule has 0 bridgehead atoms. The van der Waals surface area contributed by atoms with Crippen molar-refractivity contribution in [3.8, 4) is 0 Å². The first-order chi connectivity index (χ1) is 14.9. The number of thiophene rings is 1. The smallest absolute Gasteiger partial charge is 0.262 e. The van der Waals surface area contributed by atoms with Crippen LogP contribution in [-0.2, 0) is 17.6 Å². The number of para-hydroxylation sites is 1. The lowest BCUT2D eigenvalue weighted by Gasteiger charge is -2.16. The van der Waals surface area contributed by atoms with Crippen LogP contribution in [0.2, 0.25) is 0 Å². The summed E-state index contributed by atoms with van der Waals surface area (Å²) in [5.41, 5.74) is 7.52. The van der Waals surface area contributed by atoms with Crippen LogP contribution >= 0.6 is 23.1 Å². The Kier molecular flexibility index (Phi) is 6.15. The van der Waals surface area contributed by atoms with Gasteiger partial charge in [0, 0.05) is 10.9 Å². The average Bonchev–Trinajstić information content (AvgIpc) is 3.10. The van der Waals surface area contributed by atoms with Gasteiger partial charge < -0.3 is 11.1 Å². The molecule has 9 heteroatoms. The highest BCUT2D eigenvalue weighted by Crippen LogP contribution is 2.38. The van der Waals surface area contributed by atoms with Crippen molar-refractivity contribution in [3.63, 3.8) is 0 Å². The molecule has 31 heavy (non-hydrogen) atoms. The van der Waals surface area contributed by atoms with E-state index in [9.17, 15) is 14.4 Å². The van der Waals surface area contributed by atoms with Gasteiger partial charge in [-0.2, -0.15) is 0 Å². The second-order valence-electron chi connectivity index (χ2n) is 7.80. The van der Waals surface area contributed by atoms with Crippen LogP contribution in [0.25, 0.3) is 10.9 Å². The van der Waals surface area contributed by atoms with E-state index in [-0.39, 0.29) is 23.3 Å². The van der Waals surface area contributed by atoms with Gasteiger partial charge >= 0.3 is 0 Å². The number of thioether (sulfide) groups is 1. The van der Waals surface area contributed by atoms with E-state index in [1.807, 2.05) is 26.0 Å². The van der Waals surface area contributed by atoms with Crippen LogP contribution in [0.15, 0.2) is 34.2 Å². The number of hydrogen-bond acceptors (Lipinski definition) is 6. The SMILES string of the molecule is CC(C)n1c(SCC(=O)Nc2sc3c(c2C(N)=O)CCCC3)nc2ccccc2c1=O. The molecule has 1 aromatic carbocycles. The summed E-state index contributed by atoms with van der Waals surface area (Å²) in [6.45, 7) is 3.83. The maximum Gasteiger partial charge on any atom is 0.262 e. The quantitative estimate of drug-likeness (QED) is 0.434. The number of carbonyl (C=O) groups is 2. The zero-order chi connectivity index (χ0) is 22.1. The predicted octanol–water partition coefficient (Wildman–Crippen LogP) is 3.75. The van der Waals surface area contributed by atoms with E-state index < -0.39 is 5.91 Å². The molecule has 0 aliphatic heterocycles. The van der Waals surface area contributed by atoms with Crippen molar-refractivity contribution in [1.29, 1.82) is 0 Å². The fraction of sp³-hybridized carbons (Fsp3) is 0.364. The first-order valence-electron chi connectivity index (χ1n) is 10.2. The summed E-state index contributed by atoms with van der Waals surface area (Å²) in [6, 6.07) is 7.10. The number of benzene rings is 1. The van der Waals surface area contributed by atoms with Gasteiger partial charge in [0.2, 0.25) is 5.91 Å². The number of aryl methyl sites for hydroxylation is 1. The third-order valence-electron chi connectivity index (χ3n) is 5.29. The number of fused-ring (bicyclic) bond motifs is 2. The molecule has 0 unspecified atom stereocenters. The summed E-state index contributed by atoms with van der Waals surface area (Å²) < 4.78 is 1.61. The van der Waals surface area contributed by atoms with E-state index in [1.165, 1.54) is 23.1 Å². The molecule has 0 saturated heterocycles. The van der Waals surface area contributed by atoms with Crippen LogP contribution in [0.4, 0.5) is 5.00 Å². The minimum Gasteiger partial charge on any atom is -0.365 e. The van der Waals surface area contributed by atoms with Gasteiger partial charge in [-0.15, -0.1) is 11.3 Å². The second-order valence-corrected chi connectivity index (χ2v) is 9.84.